The van der Waals surface area contributed by atoms with E-state index in [1.54, 1.807) is 6.07 Å². The summed E-state index contributed by atoms with van der Waals surface area (Å²) in [5, 5.41) is 13.8. The Morgan fingerprint density at radius 2 is 1.74 bits per heavy atom. The van der Waals surface area contributed by atoms with Crippen LogP contribution < -0.4 is 10.2 Å². The predicted molar refractivity (Wildman–Crippen MR) is 131 cm³/mol. The number of rotatable bonds is 5. The number of aryl methyl sites for hydroxylation is 1. The lowest BCUT2D eigenvalue weighted by molar-refractivity contribution is -0.138. The Morgan fingerprint density at radius 1 is 1.03 bits per heavy atom. The molecular weight excluding hydrogens is 439 g/mol. The second-order valence-electron chi connectivity index (χ2n) is 9.68. The van der Waals surface area contributed by atoms with Crippen molar-refractivity contribution in [2.24, 2.45) is 0 Å². The van der Waals surface area contributed by atoms with Gasteiger partial charge in [0.25, 0.3) is 0 Å². The molecule has 0 saturated carbocycles. The van der Waals surface area contributed by atoms with Crippen molar-refractivity contribution in [1.82, 2.24) is 15.1 Å². The quantitative estimate of drug-likeness (QED) is 0.510. The van der Waals surface area contributed by atoms with Crippen molar-refractivity contribution < 1.29 is 13.2 Å². The summed E-state index contributed by atoms with van der Waals surface area (Å²) in [5.41, 5.74) is 2.35. The molecule has 0 atom stereocenters. The molecule has 0 aliphatic carbocycles. The lowest BCUT2D eigenvalue weighted by Crippen LogP contribution is -2.50. The molecule has 5 nitrogen and oxygen atoms in total. The van der Waals surface area contributed by atoms with Crippen molar-refractivity contribution in [2.45, 2.75) is 51.9 Å². The van der Waals surface area contributed by atoms with Gasteiger partial charge >= 0.3 is 6.18 Å². The molecule has 2 heterocycles. The topological polar surface area (TPSA) is 44.3 Å². The van der Waals surface area contributed by atoms with Gasteiger partial charge in [-0.3, -0.25) is 0 Å². The first-order chi connectivity index (χ1) is 16.0. The normalized spacial score (nSPS) is 16.3. The number of nitrogens with zero attached hydrogens (tertiary/aromatic N) is 4. The third kappa shape index (κ3) is 4.69. The summed E-state index contributed by atoms with van der Waals surface area (Å²) >= 11 is 0. The number of nitrogens with one attached hydrogen (secondary N) is 1. The highest BCUT2D eigenvalue weighted by molar-refractivity contribution is 5.95. The molecule has 182 valence electrons. The molecule has 1 aliphatic rings. The van der Waals surface area contributed by atoms with Crippen molar-refractivity contribution in [3.63, 3.8) is 0 Å². The fourth-order valence-electron chi connectivity index (χ4n) is 4.66. The number of hydrogen-bond acceptors (Lipinski definition) is 5. The van der Waals surface area contributed by atoms with E-state index in [0.717, 1.165) is 54.2 Å². The van der Waals surface area contributed by atoms with E-state index in [1.165, 1.54) is 13.0 Å². The summed E-state index contributed by atoms with van der Waals surface area (Å²) in [7, 11) is 4.27. The van der Waals surface area contributed by atoms with Crippen LogP contribution in [0.5, 0.6) is 0 Å². The summed E-state index contributed by atoms with van der Waals surface area (Å²) < 4.78 is 39.9. The van der Waals surface area contributed by atoms with Gasteiger partial charge in [0.15, 0.2) is 5.82 Å². The first-order valence-corrected chi connectivity index (χ1v) is 11.6. The van der Waals surface area contributed by atoms with Gasteiger partial charge in [-0.25, -0.2) is 0 Å². The molecule has 8 heteroatoms. The van der Waals surface area contributed by atoms with Gasteiger partial charge in [0, 0.05) is 41.6 Å². The zero-order valence-corrected chi connectivity index (χ0v) is 20.4. The molecule has 1 fully saturated rings. The molecule has 1 aliphatic heterocycles. The Balaban J connectivity index is 1.60. The van der Waals surface area contributed by atoms with Crippen LogP contribution >= 0.6 is 0 Å². The summed E-state index contributed by atoms with van der Waals surface area (Å²) in [6.07, 6.45) is -2.22. The highest BCUT2D eigenvalue weighted by atomic mass is 19.4. The van der Waals surface area contributed by atoms with Crippen LogP contribution in [0.25, 0.3) is 10.8 Å². The highest BCUT2D eigenvalue weighted by Crippen LogP contribution is 2.35. The molecule has 0 unspecified atom stereocenters. The highest BCUT2D eigenvalue weighted by Gasteiger charge is 2.33. The monoisotopic (exact) mass is 471 g/mol. The lowest BCUT2D eigenvalue weighted by Gasteiger charge is -2.44. The Kier molecular flexibility index (Phi) is 6.46. The third-order valence-corrected chi connectivity index (χ3v) is 7.43. The largest absolute Gasteiger partial charge is 0.416 e. The average molecular weight is 472 g/mol. The number of hydrogen-bond donors (Lipinski definition) is 1. The molecule has 2 aromatic carbocycles. The van der Waals surface area contributed by atoms with Gasteiger partial charge < -0.3 is 15.1 Å². The lowest BCUT2D eigenvalue weighted by atomic mass is 9.88. The Morgan fingerprint density at radius 3 is 2.38 bits per heavy atom. The molecule has 0 amide bonds. The molecule has 0 spiro atoms. The van der Waals surface area contributed by atoms with Gasteiger partial charge in [0.2, 0.25) is 0 Å². The van der Waals surface area contributed by atoms with E-state index in [2.05, 4.69) is 64.5 Å². The van der Waals surface area contributed by atoms with Crippen LogP contribution in [0, 0.1) is 13.8 Å². The summed E-state index contributed by atoms with van der Waals surface area (Å²) in [6, 6.07) is 10.6. The van der Waals surface area contributed by atoms with E-state index in [0.29, 0.717) is 11.4 Å². The maximum atomic E-state index is 13.3. The number of aromatic nitrogens is 2. The van der Waals surface area contributed by atoms with Gasteiger partial charge in [0.05, 0.1) is 11.3 Å². The Hall–Kier alpha value is -2.87. The molecule has 0 bridgehead atoms. The predicted octanol–water partition coefficient (Wildman–Crippen LogP) is 5.80. The van der Waals surface area contributed by atoms with Gasteiger partial charge in [-0.2, -0.15) is 18.3 Å². The number of halogens is 3. The third-order valence-electron chi connectivity index (χ3n) is 7.43. The number of anilines is 2. The fourth-order valence-corrected chi connectivity index (χ4v) is 4.66. The second kappa shape index (κ2) is 9.06. The van der Waals surface area contributed by atoms with Gasteiger partial charge in [-0.1, -0.05) is 18.2 Å². The number of fused-ring (bicyclic) bond motifs is 1. The fraction of sp³-hybridized carbons (Fsp3) is 0.462. The van der Waals surface area contributed by atoms with Crippen LogP contribution in [-0.4, -0.2) is 47.8 Å². The van der Waals surface area contributed by atoms with E-state index in [9.17, 15) is 13.2 Å². The van der Waals surface area contributed by atoms with Crippen molar-refractivity contribution in [2.75, 3.05) is 37.4 Å². The average Bonchev–Trinajstić information content (AvgIpc) is 2.79. The SMILES string of the molecule is Cc1c(CNc2nnc(C)c3ccc(N4CCC(C)(N(C)C)CC4)cc23)cccc1C(F)(F)F. The standard InChI is InChI=1S/C26H32F3N5/c1-17-19(7-6-8-23(17)26(27,28)29)16-30-24-22-15-20(9-10-21(22)18(2)31-32-24)34-13-11-25(3,12-14-34)33(4)5/h6-10,15H,11-14,16H2,1-5H3,(H,30,32). The smallest absolute Gasteiger partial charge is 0.371 e. The minimum Gasteiger partial charge on any atom is -0.371 e. The molecular formula is C26H32F3N5. The number of piperidine rings is 1. The van der Waals surface area contributed by atoms with Crippen LogP contribution in [-0.2, 0) is 12.7 Å². The Labute approximate surface area is 199 Å². The molecule has 1 aromatic heterocycles. The summed E-state index contributed by atoms with van der Waals surface area (Å²) in [5.74, 6) is 0.578. The molecule has 4 rings (SSSR count). The van der Waals surface area contributed by atoms with E-state index in [1.807, 2.05) is 6.92 Å². The maximum Gasteiger partial charge on any atom is 0.416 e. The number of alkyl halides is 3. The summed E-state index contributed by atoms with van der Waals surface area (Å²) in [6.45, 7) is 7.89. The molecule has 3 aromatic rings. The van der Waals surface area contributed by atoms with E-state index in [-0.39, 0.29) is 17.6 Å². The van der Waals surface area contributed by atoms with Crippen LogP contribution in [0.3, 0.4) is 0 Å². The summed E-state index contributed by atoms with van der Waals surface area (Å²) in [4.78, 5) is 4.70. The van der Waals surface area contributed by atoms with Gasteiger partial charge in [-0.05, 0) is 77.0 Å². The van der Waals surface area contributed by atoms with Crippen molar-refractivity contribution >= 4 is 22.3 Å². The van der Waals surface area contributed by atoms with Gasteiger partial charge in [-0.15, -0.1) is 5.10 Å². The second-order valence-corrected chi connectivity index (χ2v) is 9.68. The zero-order chi connectivity index (χ0) is 24.7. The minimum absolute atomic E-state index is 0.199. The van der Waals surface area contributed by atoms with Crippen molar-refractivity contribution in [1.29, 1.82) is 0 Å². The van der Waals surface area contributed by atoms with Crippen molar-refractivity contribution in [3.8, 4) is 0 Å². The van der Waals surface area contributed by atoms with E-state index in [4.69, 9.17) is 0 Å². The van der Waals surface area contributed by atoms with E-state index < -0.39 is 11.7 Å². The molecule has 1 N–H and O–H groups in total. The van der Waals surface area contributed by atoms with E-state index >= 15 is 0 Å². The molecule has 1 saturated heterocycles. The number of benzene rings is 2. The first-order valence-electron chi connectivity index (χ1n) is 11.6. The van der Waals surface area contributed by atoms with Gasteiger partial charge in [0.1, 0.15) is 0 Å². The van der Waals surface area contributed by atoms with Crippen LogP contribution in [0.15, 0.2) is 36.4 Å². The maximum absolute atomic E-state index is 13.3. The van der Waals surface area contributed by atoms with Crippen LogP contribution in [0.1, 0.15) is 42.1 Å². The Bertz CT molecular complexity index is 1180. The van der Waals surface area contributed by atoms with Crippen LogP contribution in [0.4, 0.5) is 24.7 Å². The molecule has 34 heavy (non-hydrogen) atoms. The zero-order valence-electron chi connectivity index (χ0n) is 20.4. The van der Waals surface area contributed by atoms with Crippen LogP contribution in [0.2, 0.25) is 0 Å². The van der Waals surface area contributed by atoms with Crippen molar-refractivity contribution in [3.05, 3.63) is 58.8 Å². The molecule has 0 radical (unpaired) electrons. The minimum atomic E-state index is -4.37. The first kappa shape index (κ1) is 24.3.